The average molecular weight is 229 g/mol. The van der Waals surface area contributed by atoms with Crippen LogP contribution < -0.4 is 5.32 Å². The molecule has 0 rings (SSSR count). The molecule has 0 heterocycles. The van der Waals surface area contributed by atoms with E-state index in [4.69, 9.17) is 4.74 Å². The van der Waals surface area contributed by atoms with Crippen LogP contribution in [0.3, 0.4) is 0 Å². The number of ether oxygens (including phenoxy) is 1. The molecule has 0 radical (unpaired) electrons. The van der Waals surface area contributed by atoms with Crippen LogP contribution in [0.25, 0.3) is 0 Å². The third-order valence-corrected chi connectivity index (χ3v) is 1.95. The van der Waals surface area contributed by atoms with Gasteiger partial charge in [-0.05, 0) is 27.2 Å². The molecule has 5 nitrogen and oxygen atoms in total. The lowest BCUT2D eigenvalue weighted by Crippen LogP contribution is -2.39. The van der Waals surface area contributed by atoms with E-state index < -0.39 is 12.0 Å². The molecule has 0 aliphatic heterocycles. The second-order valence-electron chi connectivity index (χ2n) is 3.60. The van der Waals surface area contributed by atoms with Crippen molar-refractivity contribution >= 4 is 17.7 Å². The molecular weight excluding hydrogens is 210 g/mol. The summed E-state index contributed by atoms with van der Waals surface area (Å²) >= 11 is 0. The van der Waals surface area contributed by atoms with Gasteiger partial charge in [0, 0.05) is 12.8 Å². The van der Waals surface area contributed by atoms with Crippen LogP contribution in [-0.4, -0.2) is 30.3 Å². The van der Waals surface area contributed by atoms with Crippen molar-refractivity contribution in [2.75, 3.05) is 6.61 Å². The van der Waals surface area contributed by atoms with Gasteiger partial charge >= 0.3 is 5.97 Å². The van der Waals surface area contributed by atoms with E-state index in [-0.39, 0.29) is 18.1 Å². The van der Waals surface area contributed by atoms with Gasteiger partial charge in [0.25, 0.3) is 0 Å². The fraction of sp³-hybridized carbons (Fsp3) is 0.727. The largest absolute Gasteiger partial charge is 0.464 e. The van der Waals surface area contributed by atoms with E-state index in [1.54, 1.807) is 13.8 Å². The summed E-state index contributed by atoms with van der Waals surface area (Å²) in [5, 5.41) is 2.51. The van der Waals surface area contributed by atoms with Gasteiger partial charge in [-0.2, -0.15) is 0 Å². The Kier molecular flexibility index (Phi) is 7.16. The third kappa shape index (κ3) is 6.98. The van der Waals surface area contributed by atoms with E-state index in [2.05, 4.69) is 5.32 Å². The zero-order valence-electron chi connectivity index (χ0n) is 10.0. The van der Waals surface area contributed by atoms with E-state index in [0.29, 0.717) is 19.4 Å². The molecular formula is C11H19NO4. The predicted molar refractivity (Wildman–Crippen MR) is 58.8 cm³/mol. The molecule has 1 N–H and O–H groups in total. The van der Waals surface area contributed by atoms with Crippen molar-refractivity contribution in [3.05, 3.63) is 0 Å². The van der Waals surface area contributed by atoms with Crippen molar-refractivity contribution in [2.45, 2.75) is 46.1 Å². The Morgan fingerprint density at radius 2 is 1.88 bits per heavy atom. The Bertz CT molecular complexity index is 263. The maximum absolute atomic E-state index is 11.3. The van der Waals surface area contributed by atoms with E-state index >= 15 is 0 Å². The van der Waals surface area contributed by atoms with E-state index in [1.165, 1.54) is 6.92 Å². The number of amides is 1. The molecule has 0 fully saturated rings. The summed E-state index contributed by atoms with van der Waals surface area (Å²) in [5.74, 6) is -0.615. The molecule has 0 aliphatic carbocycles. The van der Waals surface area contributed by atoms with Crippen molar-refractivity contribution in [1.82, 2.24) is 5.32 Å². The van der Waals surface area contributed by atoms with Gasteiger partial charge in [0.2, 0.25) is 5.91 Å². The molecule has 0 bridgehead atoms. The van der Waals surface area contributed by atoms with E-state index in [0.717, 1.165) is 0 Å². The number of carbonyl (C=O) groups is 3. The summed E-state index contributed by atoms with van der Waals surface area (Å²) in [4.78, 5) is 33.1. The maximum atomic E-state index is 11.3. The van der Waals surface area contributed by atoms with Gasteiger partial charge in [0.1, 0.15) is 11.8 Å². The summed E-state index contributed by atoms with van der Waals surface area (Å²) in [6.45, 7) is 5.06. The number of rotatable bonds is 7. The number of hydrogen-bond donors (Lipinski definition) is 1. The third-order valence-electron chi connectivity index (χ3n) is 1.95. The van der Waals surface area contributed by atoms with Crippen LogP contribution in [-0.2, 0) is 19.1 Å². The average Bonchev–Trinajstić information content (AvgIpc) is 2.17. The van der Waals surface area contributed by atoms with Crippen molar-refractivity contribution in [1.29, 1.82) is 0 Å². The summed E-state index contributed by atoms with van der Waals surface area (Å²) in [6, 6.07) is -0.634. The Balaban J connectivity index is 3.77. The molecule has 0 saturated carbocycles. The lowest BCUT2D eigenvalue weighted by molar-refractivity contribution is -0.146. The highest BCUT2D eigenvalue weighted by molar-refractivity contribution is 5.84. The Hall–Kier alpha value is -1.39. The minimum absolute atomic E-state index is 0.0613. The number of hydrogen-bond acceptors (Lipinski definition) is 4. The molecule has 0 aromatic carbocycles. The van der Waals surface area contributed by atoms with E-state index in [9.17, 15) is 14.4 Å². The predicted octanol–water partition coefficient (Wildman–Crippen LogP) is 0.813. The molecule has 92 valence electrons. The highest BCUT2D eigenvalue weighted by Gasteiger charge is 2.15. The van der Waals surface area contributed by atoms with Gasteiger partial charge in [-0.25, -0.2) is 4.79 Å². The van der Waals surface area contributed by atoms with Gasteiger partial charge in [0.05, 0.1) is 6.61 Å². The highest BCUT2D eigenvalue weighted by atomic mass is 16.5. The van der Waals surface area contributed by atoms with Gasteiger partial charge < -0.3 is 14.8 Å². The van der Waals surface area contributed by atoms with Gasteiger partial charge in [-0.15, -0.1) is 0 Å². The quantitative estimate of drug-likeness (QED) is 0.656. The molecule has 1 amide bonds. The second-order valence-corrected chi connectivity index (χ2v) is 3.60. The van der Waals surface area contributed by atoms with Crippen molar-refractivity contribution < 1.29 is 19.1 Å². The molecule has 0 aliphatic rings. The van der Waals surface area contributed by atoms with Crippen LogP contribution in [0.1, 0.15) is 40.0 Å². The number of nitrogens with one attached hydrogen (secondary N) is 1. The van der Waals surface area contributed by atoms with Gasteiger partial charge in [-0.1, -0.05) is 0 Å². The van der Waals surface area contributed by atoms with Crippen LogP contribution in [0.4, 0.5) is 0 Å². The maximum Gasteiger partial charge on any atom is 0.328 e. The smallest absolute Gasteiger partial charge is 0.328 e. The molecule has 0 aromatic heterocycles. The van der Waals surface area contributed by atoms with Crippen LogP contribution in [0, 0.1) is 0 Å². The molecule has 0 spiro atoms. The summed E-state index contributed by atoms with van der Waals surface area (Å²) in [6.07, 6.45) is 1.15. The zero-order chi connectivity index (χ0) is 12.6. The summed E-state index contributed by atoms with van der Waals surface area (Å²) in [7, 11) is 0. The lowest BCUT2D eigenvalue weighted by Gasteiger charge is -2.12. The van der Waals surface area contributed by atoms with Crippen LogP contribution >= 0.6 is 0 Å². The topological polar surface area (TPSA) is 72.5 Å². The Labute approximate surface area is 95.5 Å². The minimum atomic E-state index is -0.634. The monoisotopic (exact) mass is 229 g/mol. The van der Waals surface area contributed by atoms with Crippen molar-refractivity contribution in [2.24, 2.45) is 0 Å². The molecule has 16 heavy (non-hydrogen) atoms. The first-order valence-electron chi connectivity index (χ1n) is 5.42. The first-order chi connectivity index (χ1) is 7.47. The first kappa shape index (κ1) is 14.6. The molecule has 5 heteroatoms. The molecule has 0 aromatic rings. The Morgan fingerprint density at radius 1 is 1.25 bits per heavy atom. The van der Waals surface area contributed by atoms with Gasteiger partial charge in [-0.3, -0.25) is 4.79 Å². The second kappa shape index (κ2) is 7.84. The van der Waals surface area contributed by atoms with Gasteiger partial charge in [0.15, 0.2) is 0 Å². The van der Waals surface area contributed by atoms with Crippen molar-refractivity contribution in [3.63, 3.8) is 0 Å². The number of esters is 1. The molecule has 0 saturated heterocycles. The zero-order valence-corrected chi connectivity index (χ0v) is 10.0. The van der Waals surface area contributed by atoms with E-state index in [1.807, 2.05) is 0 Å². The number of ketones is 1. The lowest BCUT2D eigenvalue weighted by atomic mass is 10.2. The Morgan fingerprint density at radius 3 is 2.38 bits per heavy atom. The summed E-state index contributed by atoms with van der Waals surface area (Å²) < 4.78 is 4.74. The van der Waals surface area contributed by atoms with Crippen LogP contribution in [0.2, 0.25) is 0 Å². The number of Topliss-reactive ketones (excluding diaryl/α,β-unsaturated/α-hetero) is 1. The molecule has 1 atom stereocenters. The number of carbonyl (C=O) groups excluding carboxylic acids is 3. The highest BCUT2D eigenvalue weighted by Crippen LogP contribution is 1.97. The minimum Gasteiger partial charge on any atom is -0.464 e. The fourth-order valence-electron chi connectivity index (χ4n) is 1.14. The standard InChI is InChI=1S/C11H19NO4/c1-4-16-11(15)9(3)12-10(14)7-5-6-8(2)13/h9H,4-7H2,1-3H3,(H,12,14). The van der Waals surface area contributed by atoms with Crippen molar-refractivity contribution in [3.8, 4) is 0 Å². The SMILES string of the molecule is CCOC(=O)C(C)NC(=O)CCCC(C)=O. The first-order valence-corrected chi connectivity index (χ1v) is 5.42. The fourth-order valence-corrected chi connectivity index (χ4v) is 1.14. The normalized spacial score (nSPS) is 11.7. The summed E-state index contributed by atoms with van der Waals surface area (Å²) in [5.41, 5.74) is 0. The molecule has 1 unspecified atom stereocenters. The van der Waals surface area contributed by atoms with Crippen LogP contribution in [0.15, 0.2) is 0 Å². The van der Waals surface area contributed by atoms with Crippen LogP contribution in [0.5, 0.6) is 0 Å².